The number of hydrogen-bond acceptors (Lipinski definition) is 6. The first-order valence-corrected chi connectivity index (χ1v) is 8.61. The van der Waals surface area contributed by atoms with Crippen molar-refractivity contribution in [1.82, 2.24) is 4.90 Å². The summed E-state index contributed by atoms with van der Waals surface area (Å²) in [6, 6.07) is 0. The number of carbonyl (C=O) groups excluding carboxylic acids is 1. The van der Waals surface area contributed by atoms with Gasteiger partial charge < -0.3 is 14.7 Å². The zero-order chi connectivity index (χ0) is 19.8. The number of esters is 1. The number of rotatable bonds is 3. The molecule has 8 nitrogen and oxygen atoms in total. The number of carbonyl (C=O) groups is 2. The molecule has 1 rings (SSSR count). The third-order valence-electron chi connectivity index (χ3n) is 3.55. The van der Waals surface area contributed by atoms with E-state index in [1.807, 2.05) is 0 Å². The number of halogens is 3. The number of likely N-dealkylation sites (tertiary alicyclic amines) is 1. The fraction of sp³-hybridized carbons (Fsp3) is 0.846. The van der Waals surface area contributed by atoms with Gasteiger partial charge in [-0.25, -0.2) is 4.79 Å². The second kappa shape index (κ2) is 6.63. The maximum atomic E-state index is 12.6. The molecule has 1 amide bonds. The molecule has 25 heavy (non-hydrogen) atoms. The van der Waals surface area contributed by atoms with Crippen molar-refractivity contribution < 1.29 is 45.2 Å². The second-order valence-electron chi connectivity index (χ2n) is 6.90. The highest BCUT2D eigenvalue weighted by Crippen LogP contribution is 2.38. The molecule has 1 fully saturated rings. The van der Waals surface area contributed by atoms with Gasteiger partial charge in [-0.3, -0.25) is 8.98 Å². The van der Waals surface area contributed by atoms with Crippen LogP contribution in [0.4, 0.5) is 18.0 Å². The van der Waals surface area contributed by atoms with Crippen molar-refractivity contribution in [3.05, 3.63) is 0 Å². The van der Waals surface area contributed by atoms with Crippen molar-refractivity contribution >= 4 is 22.2 Å². The maximum Gasteiger partial charge on any atom is 0.523 e. The second-order valence-corrected chi connectivity index (χ2v) is 8.46. The van der Waals surface area contributed by atoms with Gasteiger partial charge in [0, 0.05) is 13.1 Å². The van der Waals surface area contributed by atoms with Crippen molar-refractivity contribution in [2.24, 2.45) is 5.41 Å². The Hall–Kier alpha value is -1.56. The molecule has 0 bridgehead atoms. The molecule has 0 spiro atoms. The monoisotopic (exact) mass is 391 g/mol. The summed E-state index contributed by atoms with van der Waals surface area (Å²) in [4.78, 5) is 24.4. The fourth-order valence-electron chi connectivity index (χ4n) is 2.28. The number of ether oxygens (including phenoxy) is 1. The van der Waals surface area contributed by atoms with Crippen LogP contribution in [0.25, 0.3) is 0 Å². The van der Waals surface area contributed by atoms with E-state index in [1.54, 1.807) is 0 Å². The molecule has 1 heterocycles. The summed E-state index contributed by atoms with van der Waals surface area (Å²) < 4.78 is 69.7. The highest BCUT2D eigenvalue weighted by molar-refractivity contribution is 7.87. The minimum atomic E-state index is -5.96. The summed E-state index contributed by atoms with van der Waals surface area (Å²) in [5, 5.41) is 9.07. The number of hydrogen-bond donors (Lipinski definition) is 1. The smallest absolute Gasteiger partial charge is 0.465 e. The van der Waals surface area contributed by atoms with Gasteiger partial charge in [0.25, 0.3) is 0 Å². The SMILES string of the molecule is CC(C)(C)OC(=O)C1(C)CN(C(=O)O)CCC1OS(=O)(=O)C(F)(F)F. The molecule has 2 unspecified atom stereocenters. The van der Waals surface area contributed by atoms with Crippen LogP contribution < -0.4 is 0 Å². The standard InChI is InChI=1S/C13H20F3NO7S/c1-11(2,3)23-9(18)12(4)7-17(10(19)20)6-5-8(12)24-25(21,22)13(14,15)16/h8H,5-7H2,1-4H3,(H,19,20). The molecule has 0 aliphatic carbocycles. The first-order valence-electron chi connectivity index (χ1n) is 7.20. The number of alkyl halides is 3. The van der Waals surface area contributed by atoms with Gasteiger partial charge in [-0.15, -0.1) is 0 Å². The summed E-state index contributed by atoms with van der Waals surface area (Å²) in [5.41, 5.74) is -8.60. The molecule has 12 heteroatoms. The van der Waals surface area contributed by atoms with E-state index >= 15 is 0 Å². The summed E-state index contributed by atoms with van der Waals surface area (Å²) in [7, 11) is -5.96. The van der Waals surface area contributed by atoms with Gasteiger partial charge in [0.1, 0.15) is 11.0 Å². The Bertz CT molecular complexity index is 641. The molecular formula is C13H20F3NO7S. The van der Waals surface area contributed by atoms with Crippen LogP contribution in [0.2, 0.25) is 0 Å². The fourth-order valence-corrected chi connectivity index (χ4v) is 3.01. The minimum Gasteiger partial charge on any atom is -0.465 e. The molecule has 0 saturated carbocycles. The lowest BCUT2D eigenvalue weighted by atomic mass is 9.79. The Morgan fingerprint density at radius 1 is 1.24 bits per heavy atom. The summed E-state index contributed by atoms with van der Waals surface area (Å²) in [5.74, 6) is -1.05. The lowest BCUT2D eigenvalue weighted by Gasteiger charge is -2.43. The number of carboxylic acid groups (broad SMARTS) is 1. The number of piperidine rings is 1. The Morgan fingerprint density at radius 2 is 1.76 bits per heavy atom. The van der Waals surface area contributed by atoms with E-state index in [9.17, 15) is 31.2 Å². The zero-order valence-electron chi connectivity index (χ0n) is 14.1. The molecule has 1 aliphatic heterocycles. The van der Waals surface area contributed by atoms with Crippen LogP contribution in [-0.2, 0) is 23.8 Å². The molecule has 146 valence electrons. The van der Waals surface area contributed by atoms with Crippen LogP contribution in [0.5, 0.6) is 0 Å². The largest absolute Gasteiger partial charge is 0.523 e. The van der Waals surface area contributed by atoms with Gasteiger partial charge in [-0.2, -0.15) is 21.6 Å². The molecule has 2 atom stereocenters. The minimum absolute atomic E-state index is 0.286. The highest BCUT2D eigenvalue weighted by Gasteiger charge is 2.56. The van der Waals surface area contributed by atoms with Crippen LogP contribution in [0.1, 0.15) is 34.1 Å². The third-order valence-corrected chi connectivity index (χ3v) is 4.61. The van der Waals surface area contributed by atoms with Crippen LogP contribution in [-0.4, -0.2) is 60.8 Å². The van der Waals surface area contributed by atoms with Crippen molar-refractivity contribution in [1.29, 1.82) is 0 Å². The molecule has 1 aliphatic rings. The van der Waals surface area contributed by atoms with Gasteiger partial charge in [-0.1, -0.05) is 0 Å². The summed E-state index contributed by atoms with van der Waals surface area (Å²) in [6.07, 6.45) is -3.53. The van der Waals surface area contributed by atoms with Crippen molar-refractivity contribution in [3.8, 4) is 0 Å². The van der Waals surface area contributed by atoms with Crippen LogP contribution >= 0.6 is 0 Å². The highest BCUT2D eigenvalue weighted by atomic mass is 32.2. The Balaban J connectivity index is 3.21. The van der Waals surface area contributed by atoms with Gasteiger partial charge in [0.05, 0.1) is 6.10 Å². The van der Waals surface area contributed by atoms with E-state index in [-0.39, 0.29) is 6.54 Å². The lowest BCUT2D eigenvalue weighted by molar-refractivity contribution is -0.177. The number of amides is 1. The van der Waals surface area contributed by atoms with Gasteiger partial charge in [-0.05, 0) is 34.1 Å². The van der Waals surface area contributed by atoms with Crippen molar-refractivity contribution in [2.75, 3.05) is 13.1 Å². The molecule has 0 aromatic heterocycles. The van der Waals surface area contributed by atoms with Gasteiger partial charge in [0.15, 0.2) is 0 Å². The molecule has 1 N–H and O–H groups in total. The van der Waals surface area contributed by atoms with Crippen LogP contribution in [0.3, 0.4) is 0 Å². The van der Waals surface area contributed by atoms with E-state index in [0.29, 0.717) is 0 Å². The zero-order valence-corrected chi connectivity index (χ0v) is 14.9. The molecule has 0 radical (unpaired) electrons. The quantitative estimate of drug-likeness (QED) is 0.445. The lowest BCUT2D eigenvalue weighted by Crippen LogP contribution is -2.58. The Morgan fingerprint density at radius 3 is 2.16 bits per heavy atom. The van der Waals surface area contributed by atoms with Crippen LogP contribution in [0.15, 0.2) is 0 Å². The first kappa shape index (κ1) is 21.5. The van der Waals surface area contributed by atoms with E-state index in [4.69, 9.17) is 9.84 Å². The first-order chi connectivity index (χ1) is 11.0. The average Bonchev–Trinajstić information content (AvgIpc) is 2.37. The summed E-state index contributed by atoms with van der Waals surface area (Å²) >= 11 is 0. The normalized spacial score (nSPS) is 25.6. The van der Waals surface area contributed by atoms with E-state index in [0.717, 1.165) is 11.8 Å². The van der Waals surface area contributed by atoms with Gasteiger partial charge >= 0.3 is 27.7 Å². The third kappa shape index (κ3) is 4.97. The van der Waals surface area contributed by atoms with E-state index in [2.05, 4.69) is 4.18 Å². The molecule has 0 aromatic carbocycles. The molecular weight excluding hydrogens is 371 g/mol. The average molecular weight is 391 g/mol. The Labute approximate surface area is 143 Å². The van der Waals surface area contributed by atoms with E-state index in [1.165, 1.54) is 20.8 Å². The molecule has 1 saturated heterocycles. The maximum absolute atomic E-state index is 12.6. The predicted molar refractivity (Wildman–Crippen MR) is 78.0 cm³/mol. The van der Waals surface area contributed by atoms with Gasteiger partial charge in [0.2, 0.25) is 0 Å². The summed E-state index contributed by atoms with van der Waals surface area (Å²) in [6.45, 7) is 4.80. The van der Waals surface area contributed by atoms with Crippen molar-refractivity contribution in [2.45, 2.75) is 51.3 Å². The van der Waals surface area contributed by atoms with E-state index < -0.39 is 57.8 Å². The number of nitrogens with zero attached hydrogens (tertiary/aromatic N) is 1. The van der Waals surface area contributed by atoms with Crippen molar-refractivity contribution in [3.63, 3.8) is 0 Å². The molecule has 0 aromatic rings. The Kier molecular flexibility index (Phi) is 5.70. The van der Waals surface area contributed by atoms with Crippen LogP contribution in [0, 0.1) is 5.41 Å². The predicted octanol–water partition coefficient (Wildman–Crippen LogP) is 1.95. The topological polar surface area (TPSA) is 110 Å².